The number of benzene rings is 1. The second-order valence-electron chi connectivity index (χ2n) is 6.67. The molecule has 0 bridgehead atoms. The molecule has 6 heteroatoms. The van der Waals surface area contributed by atoms with Gasteiger partial charge in [0.25, 0.3) is 5.91 Å². The number of aliphatic carboxylic acids is 1. The van der Waals surface area contributed by atoms with Crippen LogP contribution in [0.15, 0.2) is 18.2 Å². The first-order valence-corrected chi connectivity index (χ1v) is 8.24. The summed E-state index contributed by atoms with van der Waals surface area (Å²) in [7, 11) is 0. The molecule has 0 radical (unpaired) electrons. The molecular weight excluding hydrogens is 308 g/mol. The van der Waals surface area contributed by atoms with Crippen LogP contribution in [-0.4, -0.2) is 40.4 Å². The molecule has 1 aromatic carbocycles. The molecule has 0 aromatic heterocycles. The summed E-state index contributed by atoms with van der Waals surface area (Å²) in [6, 6.07) is 4.29. The molecule has 6 nitrogen and oxygen atoms in total. The first-order chi connectivity index (χ1) is 11.3. The van der Waals surface area contributed by atoms with Gasteiger partial charge >= 0.3 is 5.97 Å². The lowest BCUT2D eigenvalue weighted by molar-refractivity contribution is -0.141. The second kappa shape index (κ2) is 7.47. The van der Waals surface area contributed by atoms with Crippen LogP contribution in [0.5, 0.6) is 0 Å². The van der Waals surface area contributed by atoms with Crippen LogP contribution in [0.2, 0.25) is 0 Å². The van der Waals surface area contributed by atoms with Crippen molar-refractivity contribution in [1.82, 2.24) is 4.90 Å². The van der Waals surface area contributed by atoms with Gasteiger partial charge in [0, 0.05) is 24.2 Å². The van der Waals surface area contributed by atoms with Gasteiger partial charge in [0.05, 0.1) is 0 Å². The molecule has 2 N–H and O–H groups in total. The Morgan fingerprint density at radius 2 is 2.04 bits per heavy atom. The van der Waals surface area contributed by atoms with Crippen molar-refractivity contribution in [2.24, 2.45) is 5.92 Å². The smallest absolute Gasteiger partial charge is 0.326 e. The summed E-state index contributed by atoms with van der Waals surface area (Å²) >= 11 is 0. The third-order valence-electron chi connectivity index (χ3n) is 4.14. The Morgan fingerprint density at radius 1 is 1.33 bits per heavy atom. The van der Waals surface area contributed by atoms with Crippen LogP contribution in [0.1, 0.15) is 49.0 Å². The molecule has 130 valence electrons. The Hall–Kier alpha value is -2.37. The van der Waals surface area contributed by atoms with Crippen molar-refractivity contribution in [2.45, 2.75) is 46.1 Å². The highest BCUT2D eigenvalue weighted by atomic mass is 16.4. The molecular formula is C18H24N2O4. The van der Waals surface area contributed by atoms with Crippen molar-refractivity contribution >= 4 is 23.5 Å². The highest BCUT2D eigenvalue weighted by Gasteiger charge is 2.34. The molecule has 1 fully saturated rings. The van der Waals surface area contributed by atoms with E-state index >= 15 is 0 Å². The number of carbonyl (C=O) groups excluding carboxylic acids is 2. The third-order valence-corrected chi connectivity index (χ3v) is 4.14. The van der Waals surface area contributed by atoms with E-state index in [1.165, 1.54) is 4.90 Å². The molecule has 24 heavy (non-hydrogen) atoms. The molecule has 1 heterocycles. The number of amides is 2. The number of nitrogens with one attached hydrogen (secondary N) is 1. The Kier molecular flexibility index (Phi) is 5.59. The first kappa shape index (κ1) is 18.0. The van der Waals surface area contributed by atoms with Gasteiger partial charge in [-0.1, -0.05) is 13.8 Å². The summed E-state index contributed by atoms with van der Waals surface area (Å²) in [5.41, 5.74) is 1.90. The Labute approximate surface area is 141 Å². The van der Waals surface area contributed by atoms with Gasteiger partial charge in [-0.25, -0.2) is 4.79 Å². The minimum absolute atomic E-state index is 0.0577. The van der Waals surface area contributed by atoms with Crippen LogP contribution in [0, 0.1) is 12.8 Å². The monoisotopic (exact) mass is 332 g/mol. The minimum Gasteiger partial charge on any atom is -0.480 e. The van der Waals surface area contributed by atoms with Crippen molar-refractivity contribution in [2.75, 3.05) is 11.9 Å². The number of carbonyl (C=O) groups is 3. The van der Waals surface area contributed by atoms with Gasteiger partial charge in [-0.3, -0.25) is 9.59 Å². The topological polar surface area (TPSA) is 86.7 Å². The lowest BCUT2D eigenvalue weighted by atomic mass is 10.1. The summed E-state index contributed by atoms with van der Waals surface area (Å²) < 4.78 is 0. The standard InChI is InChI=1S/C18H24N2O4/c1-11(2)9-16(21)19-14-7-6-13(10-12(14)3)17(22)20-8-4-5-15(20)18(23)24/h6-7,10-11,15H,4-5,8-9H2,1-3H3,(H,19,21)(H,23,24). The van der Waals surface area contributed by atoms with Gasteiger partial charge < -0.3 is 15.3 Å². The van der Waals surface area contributed by atoms with Gasteiger partial charge in [0.1, 0.15) is 6.04 Å². The number of likely N-dealkylation sites (tertiary alicyclic amines) is 1. The number of hydrogen-bond acceptors (Lipinski definition) is 3. The lowest BCUT2D eigenvalue weighted by Crippen LogP contribution is -2.40. The predicted molar refractivity (Wildman–Crippen MR) is 91.0 cm³/mol. The second-order valence-corrected chi connectivity index (χ2v) is 6.67. The molecule has 0 aliphatic carbocycles. The fourth-order valence-electron chi connectivity index (χ4n) is 2.94. The van der Waals surface area contributed by atoms with E-state index in [1.807, 2.05) is 20.8 Å². The molecule has 1 unspecified atom stereocenters. The number of carboxylic acids is 1. The van der Waals surface area contributed by atoms with Crippen LogP contribution in [0.4, 0.5) is 5.69 Å². The van der Waals surface area contributed by atoms with E-state index in [2.05, 4.69) is 5.32 Å². The van der Waals surface area contributed by atoms with Crippen molar-refractivity contribution in [1.29, 1.82) is 0 Å². The molecule has 0 spiro atoms. The molecule has 1 aliphatic rings. The Bertz CT molecular complexity index is 654. The maximum absolute atomic E-state index is 12.6. The number of carboxylic acid groups (broad SMARTS) is 1. The number of hydrogen-bond donors (Lipinski definition) is 2. The summed E-state index contributed by atoms with van der Waals surface area (Å²) in [4.78, 5) is 37.1. The fraction of sp³-hybridized carbons (Fsp3) is 0.500. The Balaban J connectivity index is 2.12. The van der Waals surface area contributed by atoms with Crippen molar-refractivity contribution < 1.29 is 19.5 Å². The van der Waals surface area contributed by atoms with Gasteiger partial charge in [-0.05, 0) is 49.4 Å². The predicted octanol–water partition coefficient (Wildman–Crippen LogP) is 2.67. The number of aryl methyl sites for hydroxylation is 1. The average Bonchev–Trinajstić information content (AvgIpc) is 2.97. The van der Waals surface area contributed by atoms with Crippen LogP contribution < -0.4 is 5.32 Å². The zero-order valence-electron chi connectivity index (χ0n) is 14.3. The summed E-state index contributed by atoms with van der Waals surface area (Å²) in [5.74, 6) is -1.02. The summed E-state index contributed by atoms with van der Waals surface area (Å²) in [6.45, 7) is 6.23. The van der Waals surface area contributed by atoms with Crippen molar-refractivity contribution in [3.05, 3.63) is 29.3 Å². The largest absolute Gasteiger partial charge is 0.480 e. The maximum atomic E-state index is 12.6. The zero-order chi connectivity index (χ0) is 17.9. The van der Waals surface area contributed by atoms with E-state index < -0.39 is 12.0 Å². The van der Waals surface area contributed by atoms with E-state index in [9.17, 15) is 19.5 Å². The number of rotatable bonds is 5. The van der Waals surface area contributed by atoms with Crippen LogP contribution in [-0.2, 0) is 9.59 Å². The Morgan fingerprint density at radius 3 is 2.62 bits per heavy atom. The highest BCUT2D eigenvalue weighted by molar-refractivity contribution is 5.98. The molecule has 1 aliphatic heterocycles. The normalized spacial score (nSPS) is 17.2. The van der Waals surface area contributed by atoms with Gasteiger partial charge in [0.15, 0.2) is 0 Å². The van der Waals surface area contributed by atoms with E-state index in [0.717, 1.165) is 5.56 Å². The van der Waals surface area contributed by atoms with Crippen molar-refractivity contribution in [3.8, 4) is 0 Å². The SMILES string of the molecule is Cc1cc(C(=O)N2CCCC2C(=O)O)ccc1NC(=O)CC(C)C. The molecule has 2 amide bonds. The van der Waals surface area contributed by atoms with E-state index in [-0.39, 0.29) is 17.7 Å². The quantitative estimate of drug-likeness (QED) is 0.868. The van der Waals surface area contributed by atoms with E-state index in [1.54, 1.807) is 18.2 Å². The van der Waals surface area contributed by atoms with Crippen LogP contribution in [0.25, 0.3) is 0 Å². The zero-order valence-corrected chi connectivity index (χ0v) is 14.3. The van der Waals surface area contributed by atoms with Crippen LogP contribution >= 0.6 is 0 Å². The van der Waals surface area contributed by atoms with Gasteiger partial charge in [-0.2, -0.15) is 0 Å². The summed E-state index contributed by atoms with van der Waals surface area (Å²) in [5, 5.41) is 12.1. The molecule has 1 atom stereocenters. The van der Waals surface area contributed by atoms with Crippen molar-refractivity contribution in [3.63, 3.8) is 0 Å². The number of anilines is 1. The third kappa shape index (κ3) is 4.13. The highest BCUT2D eigenvalue weighted by Crippen LogP contribution is 2.23. The maximum Gasteiger partial charge on any atom is 0.326 e. The average molecular weight is 332 g/mol. The fourth-order valence-corrected chi connectivity index (χ4v) is 2.94. The molecule has 0 saturated carbocycles. The summed E-state index contributed by atoms with van der Waals surface area (Å²) in [6.07, 6.45) is 1.63. The molecule has 2 rings (SSSR count). The van der Waals surface area contributed by atoms with Gasteiger partial charge in [-0.15, -0.1) is 0 Å². The van der Waals surface area contributed by atoms with Crippen LogP contribution in [0.3, 0.4) is 0 Å². The number of nitrogens with zero attached hydrogens (tertiary/aromatic N) is 1. The lowest BCUT2D eigenvalue weighted by Gasteiger charge is -2.22. The molecule has 1 aromatic rings. The molecule has 1 saturated heterocycles. The van der Waals surface area contributed by atoms with E-state index in [4.69, 9.17) is 0 Å². The van der Waals surface area contributed by atoms with E-state index in [0.29, 0.717) is 37.1 Å². The van der Waals surface area contributed by atoms with Gasteiger partial charge in [0.2, 0.25) is 5.91 Å². The first-order valence-electron chi connectivity index (χ1n) is 8.24. The minimum atomic E-state index is -0.963.